The largest absolute Gasteiger partial charge is 0.342 e. The van der Waals surface area contributed by atoms with E-state index in [0.717, 1.165) is 28.6 Å². The molecular formula is C25H22FN3O. The van der Waals surface area contributed by atoms with Crippen LogP contribution in [0.1, 0.15) is 22.3 Å². The second-order valence-corrected chi connectivity index (χ2v) is 7.31. The zero-order chi connectivity index (χ0) is 20.9. The van der Waals surface area contributed by atoms with Gasteiger partial charge in [-0.2, -0.15) is 5.10 Å². The van der Waals surface area contributed by atoms with E-state index in [1.807, 2.05) is 24.4 Å². The number of nitrogens with zero attached hydrogens (tertiary/aromatic N) is 2. The van der Waals surface area contributed by atoms with Gasteiger partial charge in [0.15, 0.2) is 0 Å². The third kappa shape index (κ3) is 4.63. The molecule has 30 heavy (non-hydrogen) atoms. The zero-order valence-electron chi connectivity index (χ0n) is 16.7. The van der Waals surface area contributed by atoms with Crippen molar-refractivity contribution in [2.45, 2.75) is 19.9 Å². The maximum Gasteiger partial charge on any atom is 0.244 e. The van der Waals surface area contributed by atoms with E-state index in [4.69, 9.17) is 0 Å². The third-order valence-corrected chi connectivity index (χ3v) is 4.96. The number of para-hydroxylation sites is 1. The maximum atomic E-state index is 13.0. The summed E-state index contributed by atoms with van der Waals surface area (Å²) in [4.78, 5) is 12.1. The Morgan fingerprint density at radius 2 is 1.70 bits per heavy atom. The summed E-state index contributed by atoms with van der Waals surface area (Å²) in [5.74, 6) is -0.569. The van der Waals surface area contributed by atoms with Crippen molar-refractivity contribution in [2.24, 2.45) is 5.10 Å². The Labute approximate surface area is 174 Å². The van der Waals surface area contributed by atoms with Gasteiger partial charge in [0.1, 0.15) is 5.82 Å². The predicted octanol–water partition coefficient (Wildman–Crippen LogP) is 4.83. The number of hydrazone groups is 1. The molecule has 0 aliphatic rings. The van der Waals surface area contributed by atoms with Gasteiger partial charge >= 0.3 is 0 Å². The number of nitrogens with one attached hydrogen (secondary N) is 1. The Bertz CT molecular complexity index is 1190. The minimum Gasteiger partial charge on any atom is -0.342 e. The van der Waals surface area contributed by atoms with Gasteiger partial charge in [0.2, 0.25) is 5.91 Å². The molecule has 0 fully saturated rings. The van der Waals surface area contributed by atoms with Gasteiger partial charge in [0, 0.05) is 29.2 Å². The molecule has 150 valence electrons. The van der Waals surface area contributed by atoms with Crippen molar-refractivity contribution in [1.82, 2.24) is 9.99 Å². The molecule has 1 N–H and O–H groups in total. The molecule has 0 saturated carbocycles. The molecule has 4 nitrogen and oxygen atoms in total. The topological polar surface area (TPSA) is 46.4 Å². The van der Waals surface area contributed by atoms with Crippen LogP contribution in [0.15, 0.2) is 84.1 Å². The van der Waals surface area contributed by atoms with E-state index >= 15 is 0 Å². The average molecular weight is 399 g/mol. The summed E-state index contributed by atoms with van der Waals surface area (Å²) >= 11 is 0. The first-order chi connectivity index (χ1) is 14.6. The fourth-order valence-electron chi connectivity index (χ4n) is 3.40. The highest BCUT2D eigenvalue weighted by Crippen LogP contribution is 2.21. The van der Waals surface area contributed by atoms with Crippen LogP contribution in [-0.2, 0) is 17.8 Å². The molecule has 0 unspecified atom stereocenters. The molecule has 1 amide bonds. The van der Waals surface area contributed by atoms with Crippen LogP contribution >= 0.6 is 0 Å². The van der Waals surface area contributed by atoms with Crippen LogP contribution in [0.4, 0.5) is 4.39 Å². The molecule has 0 aliphatic heterocycles. The van der Waals surface area contributed by atoms with Gasteiger partial charge in [-0.05, 0) is 36.2 Å². The van der Waals surface area contributed by atoms with Crippen LogP contribution in [0.5, 0.6) is 0 Å². The summed E-state index contributed by atoms with van der Waals surface area (Å²) in [6.07, 6.45) is 3.85. The number of rotatable bonds is 6. The molecule has 0 bridgehead atoms. The first-order valence-corrected chi connectivity index (χ1v) is 9.78. The van der Waals surface area contributed by atoms with Crippen molar-refractivity contribution in [3.05, 3.63) is 107 Å². The number of amides is 1. The summed E-state index contributed by atoms with van der Waals surface area (Å²) in [6.45, 7) is 2.83. The number of hydrogen-bond acceptors (Lipinski definition) is 2. The lowest BCUT2D eigenvalue weighted by molar-refractivity contribution is -0.120. The first kappa shape index (κ1) is 19.6. The minimum absolute atomic E-state index is 0.146. The van der Waals surface area contributed by atoms with Gasteiger partial charge in [-0.15, -0.1) is 0 Å². The van der Waals surface area contributed by atoms with Crippen molar-refractivity contribution in [2.75, 3.05) is 0 Å². The Balaban J connectivity index is 1.49. The monoisotopic (exact) mass is 399 g/mol. The van der Waals surface area contributed by atoms with E-state index in [2.05, 4.69) is 52.3 Å². The number of aryl methyl sites for hydroxylation is 1. The van der Waals surface area contributed by atoms with Crippen LogP contribution < -0.4 is 5.43 Å². The van der Waals surface area contributed by atoms with Crippen LogP contribution in [0.2, 0.25) is 0 Å². The van der Waals surface area contributed by atoms with E-state index in [0.29, 0.717) is 0 Å². The van der Waals surface area contributed by atoms with Crippen molar-refractivity contribution in [3.8, 4) is 0 Å². The fraction of sp³-hybridized carbons (Fsp3) is 0.120. The van der Waals surface area contributed by atoms with E-state index in [9.17, 15) is 9.18 Å². The van der Waals surface area contributed by atoms with Crippen LogP contribution in [-0.4, -0.2) is 16.7 Å². The summed E-state index contributed by atoms with van der Waals surface area (Å²) in [5.41, 5.74) is 7.78. The number of benzene rings is 3. The second-order valence-electron chi connectivity index (χ2n) is 7.31. The molecule has 4 aromatic rings. The van der Waals surface area contributed by atoms with Crippen molar-refractivity contribution >= 4 is 23.0 Å². The molecule has 0 aliphatic carbocycles. The highest BCUT2D eigenvalue weighted by Gasteiger charge is 2.08. The van der Waals surface area contributed by atoms with Crippen molar-refractivity contribution in [1.29, 1.82) is 0 Å². The van der Waals surface area contributed by atoms with Crippen LogP contribution in [0, 0.1) is 12.7 Å². The lowest BCUT2D eigenvalue weighted by Crippen LogP contribution is -2.19. The molecule has 0 saturated heterocycles. The van der Waals surface area contributed by atoms with Crippen LogP contribution in [0.25, 0.3) is 10.9 Å². The maximum absolute atomic E-state index is 13.0. The summed E-state index contributed by atoms with van der Waals surface area (Å²) in [7, 11) is 0. The smallest absolute Gasteiger partial charge is 0.244 e. The second kappa shape index (κ2) is 8.74. The SMILES string of the molecule is Cc1ccc(Cn2cc(/C=N/NC(=O)Cc3ccc(F)cc3)c3ccccc32)cc1. The highest BCUT2D eigenvalue weighted by molar-refractivity contribution is 5.99. The predicted molar refractivity (Wildman–Crippen MR) is 118 cm³/mol. The van der Waals surface area contributed by atoms with E-state index in [1.165, 1.54) is 23.3 Å². The standard InChI is InChI=1S/C25H22FN3O/c1-18-6-8-20(9-7-18)16-29-17-21(23-4-2-3-5-24(23)29)15-27-28-25(30)14-19-10-12-22(26)13-11-19/h2-13,15,17H,14,16H2,1H3,(H,28,30)/b27-15+. The molecule has 0 spiro atoms. The lowest BCUT2D eigenvalue weighted by atomic mass is 10.1. The number of hydrogen-bond donors (Lipinski definition) is 1. The third-order valence-electron chi connectivity index (χ3n) is 4.96. The molecule has 4 rings (SSSR count). The molecule has 1 aromatic heterocycles. The van der Waals surface area contributed by atoms with Gasteiger partial charge in [0.05, 0.1) is 12.6 Å². The number of carbonyl (C=O) groups excluding carboxylic acids is 1. The summed E-state index contributed by atoms with van der Waals surface area (Å²) < 4.78 is 15.2. The minimum atomic E-state index is -0.320. The lowest BCUT2D eigenvalue weighted by Gasteiger charge is -2.06. The fourth-order valence-corrected chi connectivity index (χ4v) is 3.40. The van der Waals surface area contributed by atoms with Crippen molar-refractivity contribution < 1.29 is 9.18 Å². The van der Waals surface area contributed by atoms with Crippen LogP contribution in [0.3, 0.4) is 0 Å². The normalized spacial score (nSPS) is 11.3. The number of halogens is 1. The van der Waals surface area contributed by atoms with E-state index in [1.54, 1.807) is 18.3 Å². The Kier molecular flexibility index (Phi) is 5.70. The van der Waals surface area contributed by atoms with Gasteiger partial charge in [-0.1, -0.05) is 60.2 Å². The van der Waals surface area contributed by atoms with Gasteiger partial charge < -0.3 is 4.57 Å². The number of carbonyl (C=O) groups is 1. The Morgan fingerprint density at radius 1 is 1.00 bits per heavy atom. The molecule has 5 heteroatoms. The Hall–Kier alpha value is -3.73. The molecule has 0 radical (unpaired) electrons. The highest BCUT2D eigenvalue weighted by atomic mass is 19.1. The summed E-state index contributed by atoms with van der Waals surface area (Å²) in [5, 5.41) is 5.20. The summed E-state index contributed by atoms with van der Waals surface area (Å²) in [6, 6.07) is 22.5. The molecule has 0 atom stereocenters. The molecule has 3 aromatic carbocycles. The van der Waals surface area contributed by atoms with Gasteiger partial charge in [0.25, 0.3) is 0 Å². The van der Waals surface area contributed by atoms with Crippen molar-refractivity contribution in [3.63, 3.8) is 0 Å². The van der Waals surface area contributed by atoms with E-state index < -0.39 is 0 Å². The first-order valence-electron chi connectivity index (χ1n) is 9.78. The molecular weight excluding hydrogens is 377 g/mol. The number of aromatic nitrogens is 1. The quantitative estimate of drug-likeness (QED) is 0.366. The zero-order valence-corrected chi connectivity index (χ0v) is 16.7. The Morgan fingerprint density at radius 3 is 2.47 bits per heavy atom. The van der Waals surface area contributed by atoms with Gasteiger partial charge in [-0.3, -0.25) is 4.79 Å². The molecule has 1 heterocycles. The van der Waals surface area contributed by atoms with Gasteiger partial charge in [-0.25, -0.2) is 9.82 Å². The number of fused-ring (bicyclic) bond motifs is 1. The average Bonchev–Trinajstić information content (AvgIpc) is 3.09. The van der Waals surface area contributed by atoms with E-state index in [-0.39, 0.29) is 18.1 Å².